The summed E-state index contributed by atoms with van der Waals surface area (Å²) in [7, 11) is 0. The van der Waals surface area contributed by atoms with Crippen LogP contribution in [-0.2, 0) is 11.3 Å². The third kappa shape index (κ3) is 4.68. The van der Waals surface area contributed by atoms with Gasteiger partial charge in [-0.2, -0.15) is 4.99 Å². The van der Waals surface area contributed by atoms with Crippen LogP contribution in [0.4, 0.5) is 0 Å². The summed E-state index contributed by atoms with van der Waals surface area (Å²) in [5.74, 6) is 1.23. The molecule has 2 aliphatic rings. The van der Waals surface area contributed by atoms with Crippen LogP contribution in [0.2, 0.25) is 0 Å². The highest BCUT2D eigenvalue weighted by atomic mass is 32.2. The van der Waals surface area contributed by atoms with Gasteiger partial charge in [0.15, 0.2) is 5.17 Å². The van der Waals surface area contributed by atoms with Crippen molar-refractivity contribution < 1.29 is 9.53 Å². The first-order valence-electron chi connectivity index (χ1n) is 11.9. The minimum atomic E-state index is -0.373. The summed E-state index contributed by atoms with van der Waals surface area (Å²) in [4.78, 5) is 18.4. The maximum atomic E-state index is 12.6. The van der Waals surface area contributed by atoms with Gasteiger partial charge in [0.1, 0.15) is 11.6 Å². The van der Waals surface area contributed by atoms with Gasteiger partial charge >= 0.3 is 0 Å². The molecule has 2 aliphatic heterocycles. The smallest absolute Gasteiger partial charge is 0.283 e. The van der Waals surface area contributed by atoms with E-state index in [2.05, 4.69) is 53.7 Å². The van der Waals surface area contributed by atoms with Crippen LogP contribution in [0.15, 0.2) is 76.9 Å². The lowest BCUT2D eigenvalue weighted by atomic mass is 9.99. The molecule has 1 atom stereocenters. The predicted octanol–water partition coefficient (Wildman–Crippen LogP) is 6.40. The van der Waals surface area contributed by atoms with Gasteiger partial charge in [-0.25, -0.2) is 0 Å². The SMILES string of the molecule is CC[C@H](C)c1ccc(OCCCn2cc(/C=C3\C(=N)N4C=CSC4=NC3=O)c3ccccc32)cc1. The van der Waals surface area contributed by atoms with Crippen LogP contribution in [0.1, 0.15) is 43.7 Å². The third-order valence-electron chi connectivity index (χ3n) is 6.51. The average molecular weight is 485 g/mol. The van der Waals surface area contributed by atoms with Gasteiger partial charge < -0.3 is 9.30 Å². The number of amides is 1. The van der Waals surface area contributed by atoms with E-state index in [1.54, 1.807) is 17.2 Å². The molecule has 0 radical (unpaired) electrons. The highest BCUT2D eigenvalue weighted by molar-refractivity contribution is 8.16. The van der Waals surface area contributed by atoms with E-state index in [0.717, 1.165) is 41.6 Å². The zero-order chi connectivity index (χ0) is 24.4. The molecule has 6 nitrogen and oxygen atoms in total. The lowest BCUT2D eigenvalue weighted by Gasteiger charge is -2.22. The quantitative estimate of drug-likeness (QED) is 0.297. The number of aryl methyl sites for hydroxylation is 1. The van der Waals surface area contributed by atoms with E-state index in [-0.39, 0.29) is 11.7 Å². The molecule has 3 heterocycles. The summed E-state index contributed by atoms with van der Waals surface area (Å²) < 4.78 is 8.17. The standard InChI is InChI=1S/C28H28N4O2S/c1-3-19(2)20-9-11-22(12-10-20)34-15-6-13-31-18-21(23-7-4-5-8-25(23)31)17-24-26(29)32-14-16-35-28(32)30-27(24)33/h4-5,7-12,14,16-19,29H,3,6,13,15H2,1-2H3/b24-17+,29-26?/t19-/m0/s1. The van der Waals surface area contributed by atoms with Gasteiger partial charge in [-0.15, -0.1) is 0 Å². The Morgan fingerprint density at radius 2 is 1.97 bits per heavy atom. The molecule has 35 heavy (non-hydrogen) atoms. The van der Waals surface area contributed by atoms with Crippen molar-refractivity contribution in [3.8, 4) is 5.75 Å². The fourth-order valence-corrected chi connectivity index (χ4v) is 5.02. The number of hydrogen-bond acceptors (Lipinski definition) is 4. The minimum absolute atomic E-state index is 0.158. The molecule has 1 amide bonds. The van der Waals surface area contributed by atoms with Gasteiger partial charge in [-0.3, -0.25) is 15.1 Å². The van der Waals surface area contributed by atoms with Crippen molar-refractivity contribution in [3.63, 3.8) is 0 Å². The Kier molecular flexibility index (Phi) is 6.59. The number of aliphatic imine (C=N–C) groups is 1. The van der Waals surface area contributed by atoms with Crippen LogP contribution < -0.4 is 4.74 Å². The molecule has 2 aromatic carbocycles. The van der Waals surface area contributed by atoms with Crippen molar-refractivity contribution in [2.45, 2.75) is 39.2 Å². The number of thioether (sulfide) groups is 1. The van der Waals surface area contributed by atoms with Gasteiger partial charge in [0.25, 0.3) is 5.91 Å². The zero-order valence-electron chi connectivity index (χ0n) is 19.9. The first-order valence-corrected chi connectivity index (χ1v) is 12.8. The number of carbonyl (C=O) groups is 1. The Bertz CT molecular complexity index is 1370. The minimum Gasteiger partial charge on any atom is -0.494 e. The van der Waals surface area contributed by atoms with Crippen LogP contribution in [0.3, 0.4) is 0 Å². The van der Waals surface area contributed by atoms with E-state index in [9.17, 15) is 4.79 Å². The number of nitrogens with one attached hydrogen (secondary N) is 1. The predicted molar refractivity (Wildman–Crippen MR) is 144 cm³/mol. The zero-order valence-corrected chi connectivity index (χ0v) is 20.7. The molecule has 0 saturated heterocycles. The summed E-state index contributed by atoms with van der Waals surface area (Å²) in [6, 6.07) is 16.5. The fraction of sp³-hybridized carbons (Fsp3) is 0.250. The van der Waals surface area contributed by atoms with Gasteiger partial charge in [-0.05, 0) is 54.0 Å². The summed E-state index contributed by atoms with van der Waals surface area (Å²) in [5.41, 5.74) is 3.64. The van der Waals surface area contributed by atoms with Crippen molar-refractivity contribution in [2.75, 3.05) is 6.61 Å². The molecular formula is C28H28N4O2S. The van der Waals surface area contributed by atoms with Crippen LogP contribution in [-0.4, -0.2) is 33.0 Å². The summed E-state index contributed by atoms with van der Waals surface area (Å²) in [6.45, 7) is 5.84. The second-order valence-electron chi connectivity index (χ2n) is 8.75. The molecule has 0 bridgehead atoms. The topological polar surface area (TPSA) is 70.7 Å². The number of benzene rings is 2. The highest BCUT2D eigenvalue weighted by Gasteiger charge is 2.31. The number of fused-ring (bicyclic) bond motifs is 2. The van der Waals surface area contributed by atoms with Gasteiger partial charge in [0, 0.05) is 35.4 Å². The van der Waals surface area contributed by atoms with Crippen molar-refractivity contribution in [1.82, 2.24) is 9.47 Å². The van der Waals surface area contributed by atoms with Crippen molar-refractivity contribution >= 4 is 45.7 Å². The third-order valence-corrected chi connectivity index (χ3v) is 7.26. The Labute approximate surface area is 209 Å². The molecule has 0 aliphatic carbocycles. The molecule has 178 valence electrons. The van der Waals surface area contributed by atoms with Crippen molar-refractivity contribution in [1.29, 1.82) is 5.41 Å². The molecule has 0 spiro atoms. The van der Waals surface area contributed by atoms with Crippen LogP contribution in [0.25, 0.3) is 17.0 Å². The number of ether oxygens (including phenoxy) is 1. The first-order chi connectivity index (χ1) is 17.0. The van der Waals surface area contributed by atoms with Gasteiger partial charge in [-0.1, -0.05) is 55.9 Å². The van der Waals surface area contributed by atoms with Crippen LogP contribution in [0, 0.1) is 5.41 Å². The molecule has 7 heteroatoms. The Morgan fingerprint density at radius 3 is 2.77 bits per heavy atom. The number of aromatic nitrogens is 1. The molecule has 0 unspecified atom stereocenters. The molecule has 5 rings (SSSR count). The molecule has 0 saturated carbocycles. The van der Waals surface area contributed by atoms with E-state index in [1.807, 2.05) is 29.8 Å². The van der Waals surface area contributed by atoms with Crippen molar-refractivity contribution in [3.05, 3.63) is 83.0 Å². The molecule has 1 N–H and O–H groups in total. The number of amidine groups is 2. The molecule has 3 aromatic rings. The number of hydrogen-bond donors (Lipinski definition) is 1. The number of carbonyl (C=O) groups excluding carboxylic acids is 1. The number of nitrogens with zero attached hydrogens (tertiary/aromatic N) is 3. The van der Waals surface area contributed by atoms with Crippen molar-refractivity contribution in [2.24, 2.45) is 4.99 Å². The average Bonchev–Trinajstić information content (AvgIpc) is 3.49. The summed E-state index contributed by atoms with van der Waals surface area (Å²) >= 11 is 1.35. The lowest BCUT2D eigenvalue weighted by Crippen LogP contribution is -2.35. The van der Waals surface area contributed by atoms with Gasteiger partial charge in [0.2, 0.25) is 0 Å². The first kappa shape index (κ1) is 23.2. The van der Waals surface area contributed by atoms with Gasteiger partial charge in [0.05, 0.1) is 12.2 Å². The second-order valence-corrected chi connectivity index (χ2v) is 9.63. The van der Waals surface area contributed by atoms with E-state index >= 15 is 0 Å². The number of rotatable bonds is 8. The monoisotopic (exact) mass is 484 g/mol. The fourth-order valence-electron chi connectivity index (χ4n) is 4.32. The van der Waals surface area contributed by atoms with E-state index in [4.69, 9.17) is 10.1 Å². The maximum absolute atomic E-state index is 12.6. The second kappa shape index (κ2) is 9.96. The van der Waals surface area contributed by atoms with E-state index in [0.29, 0.717) is 23.3 Å². The Balaban J connectivity index is 1.30. The van der Waals surface area contributed by atoms with Crippen LogP contribution >= 0.6 is 11.8 Å². The normalized spacial score (nSPS) is 17.3. The summed E-state index contributed by atoms with van der Waals surface area (Å²) in [6.07, 6.45) is 7.58. The Hall–Kier alpha value is -3.58. The van der Waals surface area contributed by atoms with Crippen LogP contribution in [0.5, 0.6) is 5.75 Å². The maximum Gasteiger partial charge on any atom is 0.283 e. The van der Waals surface area contributed by atoms with E-state index < -0.39 is 0 Å². The summed E-state index contributed by atoms with van der Waals surface area (Å²) in [5, 5.41) is 11.9. The molecule has 1 aromatic heterocycles. The van der Waals surface area contributed by atoms with E-state index in [1.165, 1.54) is 17.3 Å². The Morgan fingerprint density at radius 1 is 1.17 bits per heavy atom. The molecular weight excluding hydrogens is 456 g/mol. The highest BCUT2D eigenvalue weighted by Crippen LogP contribution is 2.30. The lowest BCUT2D eigenvalue weighted by molar-refractivity contribution is -0.114. The number of para-hydroxylation sites is 1. The molecule has 0 fully saturated rings. The largest absolute Gasteiger partial charge is 0.494 e.